The van der Waals surface area contributed by atoms with Gasteiger partial charge in [0.2, 0.25) is 0 Å². The van der Waals surface area contributed by atoms with Gasteiger partial charge in [-0.2, -0.15) is 0 Å². The van der Waals surface area contributed by atoms with Gasteiger partial charge in [0.15, 0.2) is 0 Å². The lowest BCUT2D eigenvalue weighted by atomic mass is 9.89. The van der Waals surface area contributed by atoms with Crippen LogP contribution in [0.4, 0.5) is 0 Å². The second-order valence-electron chi connectivity index (χ2n) is 5.99. The van der Waals surface area contributed by atoms with Gasteiger partial charge >= 0.3 is 0 Å². The second-order valence-corrected chi connectivity index (χ2v) is 6.86. The Hall–Kier alpha value is -1.00. The zero-order valence-electron chi connectivity index (χ0n) is 13.1. The summed E-state index contributed by atoms with van der Waals surface area (Å²) in [7, 11) is 0. The van der Waals surface area contributed by atoms with Gasteiger partial charge in [0, 0.05) is 24.3 Å². The van der Waals surface area contributed by atoms with Crippen molar-refractivity contribution in [1.29, 1.82) is 0 Å². The van der Waals surface area contributed by atoms with Gasteiger partial charge < -0.3 is 10.1 Å². The predicted octanol–water partition coefficient (Wildman–Crippen LogP) is 3.27. The van der Waals surface area contributed by atoms with Crippen LogP contribution >= 0.6 is 11.8 Å². The van der Waals surface area contributed by atoms with Gasteiger partial charge in [-0.15, -0.1) is 11.8 Å². The predicted molar refractivity (Wildman–Crippen MR) is 88.9 cm³/mol. The Kier molecular flexibility index (Phi) is 6.12. The molecule has 2 rings (SSSR count). The van der Waals surface area contributed by atoms with E-state index in [2.05, 4.69) is 11.6 Å². The summed E-state index contributed by atoms with van der Waals surface area (Å²) in [6.07, 6.45) is 5.03. The zero-order valence-corrected chi connectivity index (χ0v) is 13.9. The van der Waals surface area contributed by atoms with Gasteiger partial charge in [0.25, 0.3) is 0 Å². The third kappa shape index (κ3) is 5.04. The highest BCUT2D eigenvalue weighted by atomic mass is 32.2. The van der Waals surface area contributed by atoms with Crippen molar-refractivity contribution in [3.05, 3.63) is 29.8 Å². The van der Waals surface area contributed by atoms with Gasteiger partial charge in [-0.3, -0.25) is 4.79 Å². The molecule has 0 saturated heterocycles. The van der Waals surface area contributed by atoms with Gasteiger partial charge in [0.05, 0.1) is 0 Å². The molecule has 0 bridgehead atoms. The van der Waals surface area contributed by atoms with E-state index in [1.165, 1.54) is 0 Å². The summed E-state index contributed by atoms with van der Waals surface area (Å²) in [5.41, 5.74) is 1.04. The van der Waals surface area contributed by atoms with E-state index in [0.717, 1.165) is 30.0 Å². The summed E-state index contributed by atoms with van der Waals surface area (Å²) in [4.78, 5) is 11.8. The first-order valence-corrected chi connectivity index (χ1v) is 8.98. The summed E-state index contributed by atoms with van der Waals surface area (Å²) >= 11 is 1.81. The van der Waals surface area contributed by atoms with E-state index in [1.54, 1.807) is 0 Å². The van der Waals surface area contributed by atoms with Gasteiger partial charge in [0.1, 0.15) is 17.6 Å². The number of thioether (sulfide) groups is 1. The summed E-state index contributed by atoms with van der Waals surface area (Å²) < 4.78 is 5.99. The van der Waals surface area contributed by atoms with E-state index < -0.39 is 0 Å². The molecule has 3 nitrogen and oxygen atoms in total. The summed E-state index contributed by atoms with van der Waals surface area (Å²) in [5.74, 6) is 2.25. The molecule has 4 heteroatoms. The smallest absolute Gasteiger partial charge is 0.139 e. The highest BCUT2D eigenvalue weighted by molar-refractivity contribution is 7.98. The monoisotopic (exact) mass is 307 g/mol. The Balaban J connectivity index is 1.81. The van der Waals surface area contributed by atoms with Gasteiger partial charge in [-0.1, -0.05) is 26.0 Å². The van der Waals surface area contributed by atoms with Crippen LogP contribution < -0.4 is 10.1 Å². The molecule has 0 unspecified atom stereocenters. The number of hydrogen-bond acceptors (Lipinski definition) is 4. The van der Waals surface area contributed by atoms with Crippen LogP contribution in [-0.4, -0.2) is 30.1 Å². The fraction of sp³-hybridized carbons (Fsp3) is 0.588. The molecule has 1 N–H and O–H groups in total. The molecular formula is C17H25NO2S. The van der Waals surface area contributed by atoms with Crippen molar-refractivity contribution in [2.75, 3.05) is 12.1 Å². The molecule has 1 aliphatic carbocycles. The Bertz CT molecular complexity index is 470. The topological polar surface area (TPSA) is 38.3 Å². The van der Waals surface area contributed by atoms with Gasteiger partial charge in [-0.25, -0.2) is 0 Å². The first-order valence-electron chi connectivity index (χ1n) is 7.59. The minimum absolute atomic E-state index is 0.0875. The van der Waals surface area contributed by atoms with Crippen LogP contribution in [0.1, 0.15) is 32.3 Å². The van der Waals surface area contributed by atoms with Crippen molar-refractivity contribution in [2.24, 2.45) is 5.92 Å². The van der Waals surface area contributed by atoms with E-state index in [4.69, 9.17) is 4.74 Å². The molecule has 0 aliphatic heterocycles. The molecule has 1 fully saturated rings. The first-order chi connectivity index (χ1) is 10.1. The second kappa shape index (κ2) is 7.85. The third-order valence-electron chi connectivity index (χ3n) is 3.83. The molecule has 116 valence electrons. The van der Waals surface area contributed by atoms with Crippen LogP contribution in [0.2, 0.25) is 0 Å². The molecule has 0 aromatic heterocycles. The maximum absolute atomic E-state index is 11.8. The van der Waals surface area contributed by atoms with Crippen molar-refractivity contribution >= 4 is 17.5 Å². The minimum atomic E-state index is 0.0875. The molecule has 0 spiro atoms. The fourth-order valence-corrected chi connectivity index (χ4v) is 2.76. The summed E-state index contributed by atoms with van der Waals surface area (Å²) in [5, 5.41) is 3.47. The quantitative estimate of drug-likeness (QED) is 0.748. The third-order valence-corrected chi connectivity index (χ3v) is 4.29. The van der Waals surface area contributed by atoms with Crippen LogP contribution in [0.5, 0.6) is 5.75 Å². The van der Waals surface area contributed by atoms with Crippen LogP contribution in [0.3, 0.4) is 0 Å². The van der Waals surface area contributed by atoms with E-state index in [1.807, 2.05) is 49.9 Å². The van der Waals surface area contributed by atoms with E-state index in [-0.39, 0.29) is 11.7 Å². The Morgan fingerprint density at radius 1 is 1.43 bits per heavy atom. The number of hydrogen-bond donors (Lipinski definition) is 1. The molecule has 1 aromatic carbocycles. The molecule has 0 amide bonds. The van der Waals surface area contributed by atoms with Crippen LogP contribution in [-0.2, 0) is 11.2 Å². The Morgan fingerprint density at radius 2 is 2.19 bits per heavy atom. The molecule has 0 atom stereocenters. The highest BCUT2D eigenvalue weighted by Crippen LogP contribution is 2.26. The van der Waals surface area contributed by atoms with Crippen molar-refractivity contribution in [2.45, 2.75) is 45.3 Å². The average molecular weight is 307 g/mol. The van der Waals surface area contributed by atoms with E-state index in [9.17, 15) is 4.79 Å². The zero-order chi connectivity index (χ0) is 15.2. The maximum atomic E-state index is 11.8. The van der Waals surface area contributed by atoms with Crippen LogP contribution in [0.25, 0.3) is 0 Å². The molecule has 21 heavy (non-hydrogen) atoms. The largest absolute Gasteiger partial charge is 0.490 e. The number of Topliss-reactive ketones (excluding diaryl/α,β-unsaturated/α-hetero) is 1. The van der Waals surface area contributed by atoms with Crippen molar-refractivity contribution in [3.63, 3.8) is 0 Å². The van der Waals surface area contributed by atoms with E-state index in [0.29, 0.717) is 18.6 Å². The van der Waals surface area contributed by atoms with Crippen molar-refractivity contribution in [3.8, 4) is 5.75 Å². The normalized spacial score (nSPS) is 21.1. The van der Waals surface area contributed by atoms with Crippen LogP contribution in [0.15, 0.2) is 24.3 Å². The standard InChI is InChI=1S/C17H25NO2S/c1-12(2)17(19)8-13-5-4-6-15(7-13)20-16-9-14(10-16)18-11-21-3/h4-7,12,14,16,18H,8-11H2,1-3H3/t14-,16-. The average Bonchev–Trinajstić information content (AvgIpc) is 2.41. The number of nitrogens with one attached hydrogen (secondary N) is 1. The highest BCUT2D eigenvalue weighted by Gasteiger charge is 2.30. The number of ketones is 1. The number of benzene rings is 1. The number of rotatable bonds is 8. The minimum Gasteiger partial charge on any atom is -0.490 e. The molecule has 1 saturated carbocycles. The van der Waals surface area contributed by atoms with Crippen molar-refractivity contribution < 1.29 is 9.53 Å². The maximum Gasteiger partial charge on any atom is 0.139 e. The number of carbonyl (C=O) groups excluding carboxylic acids is 1. The van der Waals surface area contributed by atoms with Gasteiger partial charge in [-0.05, 0) is 36.8 Å². The lowest BCUT2D eigenvalue weighted by Gasteiger charge is -2.36. The molecule has 1 aliphatic rings. The molecule has 0 heterocycles. The Labute approximate surface area is 131 Å². The van der Waals surface area contributed by atoms with E-state index >= 15 is 0 Å². The molecule has 1 aromatic rings. The lowest BCUT2D eigenvalue weighted by molar-refractivity contribution is -0.121. The van der Waals surface area contributed by atoms with Crippen LogP contribution in [0, 0.1) is 5.92 Å². The first kappa shape index (κ1) is 16.4. The summed E-state index contributed by atoms with van der Waals surface area (Å²) in [6.45, 7) is 3.89. The SMILES string of the molecule is CSCN[C@H]1C[C@H](Oc2cccc(CC(=O)C(C)C)c2)C1. The summed E-state index contributed by atoms with van der Waals surface area (Å²) in [6, 6.07) is 8.54. The molecular weight excluding hydrogens is 282 g/mol. The number of carbonyl (C=O) groups is 1. The van der Waals surface area contributed by atoms with Crippen molar-refractivity contribution in [1.82, 2.24) is 5.32 Å². The molecule has 0 radical (unpaired) electrons. The Morgan fingerprint density at radius 3 is 2.86 bits per heavy atom. The lowest BCUT2D eigenvalue weighted by Crippen LogP contribution is -2.46. The number of ether oxygens (including phenoxy) is 1. The fourth-order valence-electron chi connectivity index (χ4n) is 2.36.